The fourth-order valence-electron chi connectivity index (χ4n) is 1.09. The molecule has 70 valence electrons. The molecule has 0 unspecified atom stereocenters. The van der Waals surface area contributed by atoms with Crippen LogP contribution in [0.15, 0.2) is 24.3 Å². The Morgan fingerprint density at radius 3 is 2.77 bits per heavy atom. The molecule has 0 heterocycles. The van der Waals surface area contributed by atoms with Crippen LogP contribution in [0, 0.1) is 0 Å². The number of amides is 1. The molecule has 0 bridgehead atoms. The number of benzene rings is 1. The molecule has 1 rings (SSSR count). The van der Waals surface area contributed by atoms with Gasteiger partial charge in [-0.3, -0.25) is 4.79 Å². The molecule has 3 heteroatoms. The fraction of sp³-hybridized carbons (Fsp3) is 0.300. The van der Waals surface area contributed by atoms with E-state index in [1.807, 2.05) is 31.2 Å². The first-order valence-corrected chi connectivity index (χ1v) is 4.45. The van der Waals surface area contributed by atoms with E-state index in [9.17, 15) is 4.79 Å². The summed E-state index contributed by atoms with van der Waals surface area (Å²) in [6.07, 6.45) is 0.811. The Labute approximate surface area is 83.1 Å². The van der Waals surface area contributed by atoms with Gasteiger partial charge in [0.2, 0.25) is 6.41 Å². The van der Waals surface area contributed by atoms with Gasteiger partial charge in [0.15, 0.2) is 0 Å². The van der Waals surface area contributed by atoms with E-state index in [1.165, 1.54) is 0 Å². The molecule has 2 nitrogen and oxygen atoms in total. The Morgan fingerprint density at radius 1 is 1.54 bits per heavy atom. The van der Waals surface area contributed by atoms with Crippen molar-refractivity contribution in [1.29, 1.82) is 0 Å². The lowest BCUT2D eigenvalue weighted by Gasteiger charge is -2.20. The van der Waals surface area contributed by atoms with Gasteiger partial charge in [0.1, 0.15) is 0 Å². The second kappa shape index (κ2) is 4.28. The SMILES string of the molecule is C[C@H](c1cccc(Cl)c1)N(C)C=O. The van der Waals surface area contributed by atoms with E-state index in [0.717, 1.165) is 12.0 Å². The first kappa shape index (κ1) is 10.1. The third-order valence-corrected chi connectivity index (χ3v) is 2.34. The van der Waals surface area contributed by atoms with E-state index in [-0.39, 0.29) is 6.04 Å². The summed E-state index contributed by atoms with van der Waals surface area (Å²) in [5.41, 5.74) is 1.04. The van der Waals surface area contributed by atoms with Crippen molar-refractivity contribution in [2.75, 3.05) is 7.05 Å². The second-order valence-electron chi connectivity index (χ2n) is 3.00. The molecule has 1 aromatic carbocycles. The van der Waals surface area contributed by atoms with Crippen LogP contribution < -0.4 is 0 Å². The lowest BCUT2D eigenvalue weighted by atomic mass is 10.1. The maximum atomic E-state index is 10.5. The highest BCUT2D eigenvalue weighted by Crippen LogP contribution is 2.20. The molecule has 0 aliphatic heterocycles. The molecule has 0 saturated carbocycles. The van der Waals surface area contributed by atoms with Crippen molar-refractivity contribution in [2.24, 2.45) is 0 Å². The van der Waals surface area contributed by atoms with Crippen molar-refractivity contribution in [3.8, 4) is 0 Å². The van der Waals surface area contributed by atoms with Crippen molar-refractivity contribution in [1.82, 2.24) is 4.90 Å². The zero-order valence-electron chi connectivity index (χ0n) is 7.70. The van der Waals surface area contributed by atoms with Crippen LogP contribution in [0.25, 0.3) is 0 Å². The van der Waals surface area contributed by atoms with Gasteiger partial charge in [-0.05, 0) is 24.6 Å². The fourth-order valence-corrected chi connectivity index (χ4v) is 1.29. The van der Waals surface area contributed by atoms with Gasteiger partial charge in [-0.25, -0.2) is 0 Å². The van der Waals surface area contributed by atoms with E-state index < -0.39 is 0 Å². The second-order valence-corrected chi connectivity index (χ2v) is 3.44. The number of halogens is 1. The normalized spacial score (nSPS) is 12.2. The number of hydrogen-bond donors (Lipinski definition) is 0. The third-order valence-electron chi connectivity index (χ3n) is 2.11. The molecule has 13 heavy (non-hydrogen) atoms. The Balaban J connectivity index is 2.88. The van der Waals surface area contributed by atoms with Gasteiger partial charge < -0.3 is 4.90 Å². The minimum atomic E-state index is 0.0659. The van der Waals surface area contributed by atoms with E-state index in [2.05, 4.69) is 0 Å². The predicted octanol–water partition coefficient (Wildman–Crippen LogP) is 2.49. The van der Waals surface area contributed by atoms with Crippen LogP contribution in [0.5, 0.6) is 0 Å². The van der Waals surface area contributed by atoms with Crippen LogP contribution in [-0.2, 0) is 4.79 Å². The first-order chi connectivity index (χ1) is 6.15. The van der Waals surface area contributed by atoms with Gasteiger partial charge >= 0.3 is 0 Å². The molecule has 1 amide bonds. The lowest BCUT2D eigenvalue weighted by molar-refractivity contribution is -0.118. The summed E-state index contributed by atoms with van der Waals surface area (Å²) >= 11 is 5.83. The van der Waals surface area contributed by atoms with Gasteiger partial charge in [0.25, 0.3) is 0 Å². The molecular formula is C10H12ClNO. The summed E-state index contributed by atoms with van der Waals surface area (Å²) in [6.45, 7) is 1.96. The maximum Gasteiger partial charge on any atom is 0.209 e. The summed E-state index contributed by atoms with van der Waals surface area (Å²) in [6, 6.07) is 7.59. The summed E-state index contributed by atoms with van der Waals surface area (Å²) in [7, 11) is 1.75. The molecule has 0 saturated heterocycles. The molecule has 0 aromatic heterocycles. The van der Waals surface area contributed by atoms with Crippen molar-refractivity contribution >= 4 is 18.0 Å². The average Bonchev–Trinajstić information content (AvgIpc) is 2.15. The van der Waals surface area contributed by atoms with Gasteiger partial charge in [-0.2, -0.15) is 0 Å². The predicted molar refractivity (Wildman–Crippen MR) is 53.7 cm³/mol. The highest BCUT2D eigenvalue weighted by Gasteiger charge is 2.08. The van der Waals surface area contributed by atoms with E-state index in [1.54, 1.807) is 11.9 Å². The number of rotatable bonds is 3. The molecular weight excluding hydrogens is 186 g/mol. The van der Waals surface area contributed by atoms with Crippen molar-refractivity contribution in [3.05, 3.63) is 34.9 Å². The quantitative estimate of drug-likeness (QED) is 0.682. The zero-order chi connectivity index (χ0) is 9.84. The van der Waals surface area contributed by atoms with Crippen LogP contribution >= 0.6 is 11.6 Å². The van der Waals surface area contributed by atoms with Gasteiger partial charge in [0.05, 0.1) is 6.04 Å². The smallest absolute Gasteiger partial charge is 0.209 e. The number of carbonyl (C=O) groups excluding carboxylic acids is 1. The Kier molecular flexibility index (Phi) is 3.32. The minimum absolute atomic E-state index is 0.0659. The molecule has 1 aromatic rings. The molecule has 0 spiro atoms. The molecule has 0 aliphatic carbocycles. The summed E-state index contributed by atoms with van der Waals surface area (Å²) in [5, 5.41) is 0.698. The van der Waals surface area contributed by atoms with Crippen LogP contribution in [-0.4, -0.2) is 18.4 Å². The van der Waals surface area contributed by atoms with Crippen molar-refractivity contribution in [3.63, 3.8) is 0 Å². The topological polar surface area (TPSA) is 20.3 Å². The summed E-state index contributed by atoms with van der Waals surface area (Å²) in [5.74, 6) is 0. The highest BCUT2D eigenvalue weighted by atomic mass is 35.5. The van der Waals surface area contributed by atoms with Crippen LogP contribution in [0.1, 0.15) is 18.5 Å². The molecule has 0 N–H and O–H groups in total. The van der Waals surface area contributed by atoms with E-state index in [4.69, 9.17) is 11.6 Å². The standard InChI is InChI=1S/C10H12ClNO/c1-8(12(2)7-13)9-4-3-5-10(11)6-9/h3-8H,1-2H3/t8-/m1/s1. The van der Waals surface area contributed by atoms with Gasteiger partial charge in [-0.1, -0.05) is 23.7 Å². The molecule has 1 atom stereocenters. The number of hydrogen-bond acceptors (Lipinski definition) is 1. The molecule has 0 radical (unpaired) electrons. The summed E-state index contributed by atoms with van der Waals surface area (Å²) < 4.78 is 0. The van der Waals surface area contributed by atoms with Gasteiger partial charge in [-0.15, -0.1) is 0 Å². The highest BCUT2D eigenvalue weighted by molar-refractivity contribution is 6.30. The summed E-state index contributed by atoms with van der Waals surface area (Å²) in [4.78, 5) is 12.1. The largest absolute Gasteiger partial charge is 0.342 e. The van der Waals surface area contributed by atoms with Gasteiger partial charge in [0, 0.05) is 12.1 Å². The van der Waals surface area contributed by atoms with Crippen LogP contribution in [0.3, 0.4) is 0 Å². The maximum absolute atomic E-state index is 10.5. The lowest BCUT2D eigenvalue weighted by Crippen LogP contribution is -2.20. The zero-order valence-corrected chi connectivity index (χ0v) is 8.45. The number of carbonyl (C=O) groups is 1. The van der Waals surface area contributed by atoms with Crippen molar-refractivity contribution in [2.45, 2.75) is 13.0 Å². The number of nitrogens with zero attached hydrogens (tertiary/aromatic N) is 1. The van der Waals surface area contributed by atoms with Crippen molar-refractivity contribution < 1.29 is 4.79 Å². The third kappa shape index (κ3) is 2.46. The Hall–Kier alpha value is -1.02. The Morgan fingerprint density at radius 2 is 2.23 bits per heavy atom. The monoisotopic (exact) mass is 197 g/mol. The van der Waals surface area contributed by atoms with Crippen LogP contribution in [0.4, 0.5) is 0 Å². The minimum Gasteiger partial charge on any atom is -0.342 e. The first-order valence-electron chi connectivity index (χ1n) is 4.08. The molecule has 0 fully saturated rings. The average molecular weight is 198 g/mol. The van der Waals surface area contributed by atoms with E-state index in [0.29, 0.717) is 5.02 Å². The van der Waals surface area contributed by atoms with Crippen LogP contribution in [0.2, 0.25) is 5.02 Å². The Bertz CT molecular complexity index is 301. The molecule has 0 aliphatic rings. The van der Waals surface area contributed by atoms with E-state index >= 15 is 0 Å².